The molecule has 2 N–H and O–H groups in total. The van der Waals surface area contributed by atoms with E-state index < -0.39 is 12.1 Å². The van der Waals surface area contributed by atoms with E-state index in [9.17, 15) is 13.6 Å². The van der Waals surface area contributed by atoms with Gasteiger partial charge in [-0.05, 0) is 6.07 Å². The maximum atomic E-state index is 12.3. The van der Waals surface area contributed by atoms with Gasteiger partial charge in [0, 0.05) is 0 Å². The van der Waals surface area contributed by atoms with Crippen LogP contribution in [0.2, 0.25) is 0 Å². The minimum Gasteiger partial charge on any atom is -0.397 e. The lowest BCUT2D eigenvalue weighted by Gasteiger charge is -2.04. The van der Waals surface area contributed by atoms with Crippen molar-refractivity contribution in [2.75, 3.05) is 5.73 Å². The first kappa shape index (κ1) is 10.1. The van der Waals surface area contributed by atoms with E-state index in [4.69, 9.17) is 11.0 Å². The van der Waals surface area contributed by atoms with Crippen molar-refractivity contribution in [3.8, 4) is 6.07 Å². The molecule has 0 radical (unpaired) electrons. The summed E-state index contributed by atoms with van der Waals surface area (Å²) in [6, 6.07) is 2.54. The Hall–Kier alpha value is -2.03. The summed E-state index contributed by atoms with van der Waals surface area (Å²) in [5.41, 5.74) is 3.89. The number of pyridine rings is 1. The van der Waals surface area contributed by atoms with Gasteiger partial charge in [-0.2, -0.15) is 5.26 Å². The molecule has 0 amide bonds. The Morgan fingerprint density at radius 1 is 1.64 bits per heavy atom. The topological polar surface area (TPSA) is 79.8 Å². The van der Waals surface area contributed by atoms with Crippen LogP contribution in [0.4, 0.5) is 14.5 Å². The molecule has 6 heteroatoms. The number of nitriles is 1. The number of halogens is 2. The average Bonchev–Trinajstić information content (AvgIpc) is 2.16. The Morgan fingerprint density at radius 3 is 2.71 bits per heavy atom. The second-order valence-electron chi connectivity index (χ2n) is 2.43. The molecule has 0 unspecified atom stereocenters. The van der Waals surface area contributed by atoms with Crippen LogP contribution in [0.25, 0.3) is 0 Å². The molecule has 0 saturated heterocycles. The van der Waals surface area contributed by atoms with Crippen LogP contribution in [0.5, 0.6) is 0 Å². The normalized spacial score (nSPS) is 9.86. The van der Waals surface area contributed by atoms with Gasteiger partial charge in [-0.3, -0.25) is 4.79 Å². The fourth-order valence-electron chi connectivity index (χ4n) is 0.908. The van der Waals surface area contributed by atoms with Crippen molar-refractivity contribution in [3.63, 3.8) is 0 Å². The molecule has 0 spiro atoms. The van der Waals surface area contributed by atoms with E-state index in [2.05, 4.69) is 4.98 Å². The number of carbonyl (C=O) groups excluding carboxylic acids is 1. The van der Waals surface area contributed by atoms with Gasteiger partial charge in [0.2, 0.25) is 0 Å². The van der Waals surface area contributed by atoms with E-state index in [-0.39, 0.29) is 23.2 Å². The number of alkyl halides is 2. The lowest BCUT2D eigenvalue weighted by atomic mass is 10.1. The molecule has 0 aromatic carbocycles. The number of nitrogens with zero attached hydrogens (tertiary/aromatic N) is 2. The molecular formula is C8H5F2N3O. The molecular weight excluding hydrogens is 192 g/mol. The number of nitrogens with two attached hydrogens (primary N) is 1. The largest absolute Gasteiger partial charge is 0.397 e. The molecule has 0 aliphatic rings. The highest BCUT2D eigenvalue weighted by Crippen LogP contribution is 2.23. The lowest BCUT2D eigenvalue weighted by molar-refractivity contribution is 0.111. The van der Waals surface area contributed by atoms with Gasteiger partial charge in [-0.1, -0.05) is 0 Å². The second kappa shape index (κ2) is 3.79. The molecule has 0 saturated carbocycles. The molecule has 1 rings (SSSR count). The van der Waals surface area contributed by atoms with Gasteiger partial charge in [-0.15, -0.1) is 0 Å². The van der Waals surface area contributed by atoms with Crippen molar-refractivity contribution in [1.82, 2.24) is 4.98 Å². The Labute approximate surface area is 78.0 Å². The first-order valence-electron chi connectivity index (χ1n) is 3.54. The van der Waals surface area contributed by atoms with E-state index in [1.165, 1.54) is 6.07 Å². The Morgan fingerprint density at radius 2 is 2.29 bits per heavy atom. The van der Waals surface area contributed by atoms with Crippen molar-refractivity contribution >= 4 is 12.0 Å². The zero-order valence-electron chi connectivity index (χ0n) is 6.87. The highest BCUT2D eigenvalue weighted by molar-refractivity contribution is 5.81. The summed E-state index contributed by atoms with van der Waals surface area (Å²) < 4.78 is 24.6. The quantitative estimate of drug-likeness (QED) is 0.724. The summed E-state index contributed by atoms with van der Waals surface area (Å²) in [5, 5.41) is 8.49. The third kappa shape index (κ3) is 1.66. The second-order valence-corrected chi connectivity index (χ2v) is 2.43. The maximum absolute atomic E-state index is 12.3. The van der Waals surface area contributed by atoms with Gasteiger partial charge in [0.1, 0.15) is 17.5 Å². The van der Waals surface area contributed by atoms with Crippen LogP contribution in [0.1, 0.15) is 28.2 Å². The smallest absolute Gasteiger partial charge is 0.281 e. The molecule has 1 heterocycles. The Balaban J connectivity index is 3.41. The monoisotopic (exact) mass is 197 g/mol. The predicted molar refractivity (Wildman–Crippen MR) is 43.7 cm³/mol. The SMILES string of the molecule is N#Cc1cc(N)c(C=O)nc1C(F)F. The number of hydrogen-bond acceptors (Lipinski definition) is 4. The third-order valence-corrected chi connectivity index (χ3v) is 1.55. The molecule has 0 fully saturated rings. The number of carbonyl (C=O) groups is 1. The highest BCUT2D eigenvalue weighted by atomic mass is 19.3. The zero-order chi connectivity index (χ0) is 10.7. The summed E-state index contributed by atoms with van der Waals surface area (Å²) in [6.45, 7) is 0. The summed E-state index contributed by atoms with van der Waals surface area (Å²) in [7, 11) is 0. The zero-order valence-corrected chi connectivity index (χ0v) is 6.87. The van der Waals surface area contributed by atoms with Crippen molar-refractivity contribution in [1.29, 1.82) is 5.26 Å². The molecule has 0 aliphatic heterocycles. The predicted octanol–water partition coefficient (Wildman–Crippen LogP) is 1.29. The van der Waals surface area contributed by atoms with Crippen LogP contribution in [0.15, 0.2) is 6.07 Å². The van der Waals surface area contributed by atoms with Crippen LogP contribution in [-0.4, -0.2) is 11.3 Å². The molecule has 4 nitrogen and oxygen atoms in total. The molecule has 1 aromatic rings. The minimum absolute atomic E-state index is 0.0825. The summed E-state index contributed by atoms with van der Waals surface area (Å²) in [5.74, 6) is 0. The van der Waals surface area contributed by atoms with Crippen LogP contribution >= 0.6 is 0 Å². The van der Waals surface area contributed by atoms with Gasteiger partial charge >= 0.3 is 0 Å². The molecule has 14 heavy (non-hydrogen) atoms. The van der Waals surface area contributed by atoms with Crippen LogP contribution < -0.4 is 5.73 Å². The molecule has 72 valence electrons. The van der Waals surface area contributed by atoms with Gasteiger partial charge < -0.3 is 5.73 Å². The number of nitrogen functional groups attached to an aromatic ring is 1. The summed E-state index contributed by atoms with van der Waals surface area (Å²) >= 11 is 0. The van der Waals surface area contributed by atoms with Gasteiger partial charge in [0.15, 0.2) is 6.29 Å². The van der Waals surface area contributed by atoms with Crippen LogP contribution in [-0.2, 0) is 0 Å². The maximum Gasteiger partial charge on any atom is 0.281 e. The number of rotatable bonds is 2. The Kier molecular flexibility index (Phi) is 2.72. The van der Waals surface area contributed by atoms with Crippen molar-refractivity contribution in [2.45, 2.75) is 6.43 Å². The van der Waals surface area contributed by atoms with Gasteiger partial charge in [-0.25, -0.2) is 13.8 Å². The van der Waals surface area contributed by atoms with Gasteiger partial charge in [0.25, 0.3) is 6.43 Å². The first-order chi connectivity index (χ1) is 6.60. The van der Waals surface area contributed by atoms with Crippen molar-refractivity contribution in [3.05, 3.63) is 23.0 Å². The van der Waals surface area contributed by atoms with E-state index in [0.717, 1.165) is 6.07 Å². The first-order valence-corrected chi connectivity index (χ1v) is 3.54. The van der Waals surface area contributed by atoms with E-state index in [1.54, 1.807) is 0 Å². The number of aldehydes is 1. The highest BCUT2D eigenvalue weighted by Gasteiger charge is 2.17. The van der Waals surface area contributed by atoms with E-state index in [1.807, 2.05) is 0 Å². The molecule has 0 atom stereocenters. The summed E-state index contributed by atoms with van der Waals surface area (Å²) in [6.07, 6.45) is -2.63. The van der Waals surface area contributed by atoms with Gasteiger partial charge in [0.05, 0.1) is 11.3 Å². The lowest BCUT2D eigenvalue weighted by Crippen LogP contribution is -2.03. The van der Waals surface area contributed by atoms with Crippen molar-refractivity contribution < 1.29 is 13.6 Å². The third-order valence-electron chi connectivity index (χ3n) is 1.55. The summed E-state index contributed by atoms with van der Waals surface area (Å²) in [4.78, 5) is 13.6. The van der Waals surface area contributed by atoms with E-state index >= 15 is 0 Å². The Bertz CT molecular complexity index is 412. The molecule has 1 aromatic heterocycles. The standard InChI is InChI=1S/C8H5F2N3O/c9-8(10)7-4(2-11)1-5(12)6(3-14)13-7/h1,3,8H,12H2. The number of aromatic nitrogens is 1. The van der Waals surface area contributed by atoms with Crippen LogP contribution in [0.3, 0.4) is 0 Å². The number of hydrogen-bond donors (Lipinski definition) is 1. The van der Waals surface area contributed by atoms with Crippen LogP contribution in [0, 0.1) is 11.3 Å². The van der Waals surface area contributed by atoms with Crippen molar-refractivity contribution in [2.24, 2.45) is 0 Å². The molecule has 0 bridgehead atoms. The average molecular weight is 197 g/mol. The van der Waals surface area contributed by atoms with E-state index in [0.29, 0.717) is 0 Å². The fourth-order valence-corrected chi connectivity index (χ4v) is 0.908. The number of anilines is 1. The fraction of sp³-hybridized carbons (Fsp3) is 0.125. The minimum atomic E-state index is -2.90. The molecule has 0 aliphatic carbocycles.